The number of halogens is 1. The summed E-state index contributed by atoms with van der Waals surface area (Å²) in [7, 11) is 0. The normalized spacial score (nSPS) is 33.2. The molecule has 4 saturated carbocycles. The molecule has 2 unspecified atom stereocenters. The monoisotopic (exact) mass is 413 g/mol. The molecule has 4 aliphatic carbocycles. The topological polar surface area (TPSA) is 60.2 Å². The molecule has 28 heavy (non-hydrogen) atoms. The Bertz CT molecular complexity index is 936. The maximum absolute atomic E-state index is 13.1. The maximum Gasteiger partial charge on any atom is 0.223 e. The Labute approximate surface area is 174 Å². The van der Waals surface area contributed by atoms with Crippen LogP contribution in [-0.4, -0.2) is 11.7 Å². The zero-order valence-electron chi connectivity index (χ0n) is 15.7. The summed E-state index contributed by atoms with van der Waals surface area (Å²) in [5.74, 6) is 2.14. The van der Waals surface area contributed by atoms with Gasteiger partial charge in [0.05, 0.1) is 4.88 Å². The number of benzene rings is 1. The molecule has 3 nitrogen and oxygen atoms in total. The number of primary amides is 1. The molecule has 4 bridgehead atoms. The summed E-state index contributed by atoms with van der Waals surface area (Å²) in [6.07, 6.45) is 5.71. The van der Waals surface area contributed by atoms with Crippen LogP contribution in [0.1, 0.15) is 48.2 Å². The first-order valence-corrected chi connectivity index (χ1v) is 11.3. The lowest BCUT2D eigenvalue weighted by atomic mass is 9.45. The van der Waals surface area contributed by atoms with Crippen LogP contribution in [0.3, 0.4) is 0 Å². The first kappa shape index (κ1) is 18.4. The third-order valence-corrected chi connectivity index (χ3v) is 8.81. The highest BCUT2D eigenvalue weighted by molar-refractivity contribution is 7.17. The predicted molar refractivity (Wildman–Crippen MR) is 112 cm³/mol. The van der Waals surface area contributed by atoms with Gasteiger partial charge in [-0.1, -0.05) is 23.7 Å². The standard InChI is InChI=1S/C23H24ClNO2S/c24-17-3-1-2-14(8-17)20-4-5-21(28-20)19(26)9-18-15-6-13-7-16(18)12-23(10-13,11-15)22(25)27/h1-5,8,13,15-16,18H,6-7,9-12H2,(H2,25,27). The van der Waals surface area contributed by atoms with Gasteiger partial charge in [0.1, 0.15) is 0 Å². The fourth-order valence-corrected chi connectivity index (χ4v) is 7.51. The van der Waals surface area contributed by atoms with Crippen molar-refractivity contribution in [1.82, 2.24) is 0 Å². The number of carbonyl (C=O) groups excluding carboxylic acids is 2. The number of amides is 1. The molecule has 4 fully saturated rings. The minimum atomic E-state index is -0.279. The molecule has 0 spiro atoms. The zero-order chi connectivity index (χ0) is 19.5. The maximum atomic E-state index is 13.1. The SMILES string of the molecule is NC(=O)C12CC3CC(C1)C(CC(=O)c1ccc(-c4cccc(Cl)c4)s1)C(C3)C2. The smallest absolute Gasteiger partial charge is 0.223 e. The summed E-state index contributed by atoms with van der Waals surface area (Å²) in [4.78, 5) is 27.1. The fourth-order valence-electron chi connectivity index (χ4n) is 6.36. The van der Waals surface area contributed by atoms with E-state index in [1.165, 1.54) is 12.8 Å². The lowest BCUT2D eigenvalue weighted by Gasteiger charge is -2.59. The largest absolute Gasteiger partial charge is 0.369 e. The van der Waals surface area contributed by atoms with Crippen molar-refractivity contribution < 1.29 is 9.59 Å². The van der Waals surface area contributed by atoms with E-state index < -0.39 is 0 Å². The highest BCUT2D eigenvalue weighted by Crippen LogP contribution is 2.62. The molecule has 0 saturated heterocycles. The van der Waals surface area contributed by atoms with E-state index in [1.54, 1.807) is 11.3 Å². The van der Waals surface area contributed by atoms with Gasteiger partial charge in [-0.15, -0.1) is 11.3 Å². The Hall–Kier alpha value is -1.65. The summed E-state index contributed by atoms with van der Waals surface area (Å²) < 4.78 is 0. The molecule has 2 atom stereocenters. The van der Waals surface area contributed by atoms with Gasteiger partial charge in [0.15, 0.2) is 5.78 Å². The van der Waals surface area contributed by atoms with Gasteiger partial charge in [0.2, 0.25) is 5.91 Å². The van der Waals surface area contributed by atoms with E-state index in [-0.39, 0.29) is 17.1 Å². The minimum Gasteiger partial charge on any atom is -0.369 e. The molecule has 1 heterocycles. The van der Waals surface area contributed by atoms with Gasteiger partial charge in [-0.2, -0.15) is 0 Å². The second-order valence-electron chi connectivity index (χ2n) is 9.08. The third-order valence-electron chi connectivity index (χ3n) is 7.40. The minimum absolute atomic E-state index is 0.110. The summed E-state index contributed by atoms with van der Waals surface area (Å²) in [6, 6.07) is 11.7. The van der Waals surface area contributed by atoms with Crippen molar-refractivity contribution in [3.8, 4) is 10.4 Å². The fraction of sp³-hybridized carbons (Fsp3) is 0.478. The average Bonchev–Trinajstić information content (AvgIpc) is 3.14. The molecule has 6 rings (SSSR count). The number of nitrogens with two attached hydrogens (primary N) is 1. The Morgan fingerprint density at radius 2 is 1.86 bits per heavy atom. The van der Waals surface area contributed by atoms with Crippen molar-refractivity contribution in [2.75, 3.05) is 0 Å². The van der Waals surface area contributed by atoms with Crippen LogP contribution in [0, 0.1) is 29.1 Å². The molecule has 1 aromatic carbocycles. The van der Waals surface area contributed by atoms with Crippen molar-refractivity contribution in [2.45, 2.75) is 38.5 Å². The quantitative estimate of drug-likeness (QED) is 0.651. The summed E-state index contributed by atoms with van der Waals surface area (Å²) >= 11 is 7.65. The molecule has 4 aliphatic rings. The van der Waals surface area contributed by atoms with Crippen LogP contribution in [0.2, 0.25) is 5.02 Å². The van der Waals surface area contributed by atoms with Crippen molar-refractivity contribution in [2.24, 2.45) is 34.8 Å². The number of hydrogen-bond donors (Lipinski definition) is 1. The van der Waals surface area contributed by atoms with E-state index in [2.05, 4.69) is 0 Å². The van der Waals surface area contributed by atoms with Crippen LogP contribution in [-0.2, 0) is 4.79 Å². The number of Topliss-reactive ketones (excluding diaryl/α,β-unsaturated/α-hetero) is 1. The van der Waals surface area contributed by atoms with Crippen LogP contribution in [0.25, 0.3) is 10.4 Å². The number of hydrogen-bond acceptors (Lipinski definition) is 3. The second kappa shape index (κ2) is 6.70. The number of rotatable bonds is 5. The van der Waals surface area contributed by atoms with Gasteiger partial charge in [-0.05, 0) is 85.6 Å². The molecule has 1 aromatic heterocycles. The van der Waals surface area contributed by atoms with E-state index in [0.29, 0.717) is 35.1 Å². The first-order valence-electron chi connectivity index (χ1n) is 10.1. The van der Waals surface area contributed by atoms with Gasteiger partial charge in [0, 0.05) is 21.7 Å². The van der Waals surface area contributed by atoms with Crippen LogP contribution < -0.4 is 5.73 Å². The molecule has 146 valence electrons. The lowest BCUT2D eigenvalue weighted by Crippen LogP contribution is -2.56. The molecule has 2 N–H and O–H groups in total. The van der Waals surface area contributed by atoms with E-state index in [1.807, 2.05) is 36.4 Å². The molecular weight excluding hydrogens is 390 g/mol. The number of carbonyl (C=O) groups is 2. The van der Waals surface area contributed by atoms with Gasteiger partial charge in [-0.3, -0.25) is 9.59 Å². The molecule has 0 aliphatic heterocycles. The Kier molecular flexibility index (Phi) is 4.40. The Balaban J connectivity index is 1.33. The molecule has 0 radical (unpaired) electrons. The molecule has 5 heteroatoms. The summed E-state index contributed by atoms with van der Waals surface area (Å²) in [5.41, 5.74) is 6.56. The third kappa shape index (κ3) is 3.02. The Morgan fingerprint density at radius 1 is 1.11 bits per heavy atom. The van der Waals surface area contributed by atoms with E-state index in [4.69, 9.17) is 17.3 Å². The van der Waals surface area contributed by atoms with Crippen molar-refractivity contribution in [3.63, 3.8) is 0 Å². The molecule has 1 amide bonds. The van der Waals surface area contributed by atoms with Crippen LogP contribution in [0.15, 0.2) is 36.4 Å². The summed E-state index contributed by atoms with van der Waals surface area (Å²) in [5, 5.41) is 0.704. The first-order chi connectivity index (χ1) is 13.4. The molecule has 2 aromatic rings. The Morgan fingerprint density at radius 3 is 2.54 bits per heavy atom. The van der Waals surface area contributed by atoms with E-state index in [9.17, 15) is 9.59 Å². The highest BCUT2D eigenvalue weighted by atomic mass is 35.5. The average molecular weight is 414 g/mol. The highest BCUT2D eigenvalue weighted by Gasteiger charge is 2.57. The number of thiophene rings is 1. The van der Waals surface area contributed by atoms with Crippen LogP contribution >= 0.6 is 22.9 Å². The van der Waals surface area contributed by atoms with Crippen LogP contribution in [0.4, 0.5) is 0 Å². The summed E-state index contributed by atoms with van der Waals surface area (Å²) in [6.45, 7) is 0. The van der Waals surface area contributed by atoms with Gasteiger partial charge in [0.25, 0.3) is 0 Å². The predicted octanol–water partition coefficient (Wildman–Crippen LogP) is 5.57. The molecular formula is C23H24ClNO2S. The van der Waals surface area contributed by atoms with E-state index >= 15 is 0 Å². The number of ketones is 1. The van der Waals surface area contributed by atoms with E-state index in [0.717, 1.165) is 34.6 Å². The van der Waals surface area contributed by atoms with Crippen molar-refractivity contribution in [1.29, 1.82) is 0 Å². The lowest BCUT2D eigenvalue weighted by molar-refractivity contribution is -0.149. The van der Waals surface area contributed by atoms with Crippen molar-refractivity contribution in [3.05, 3.63) is 46.3 Å². The van der Waals surface area contributed by atoms with Crippen LogP contribution in [0.5, 0.6) is 0 Å². The zero-order valence-corrected chi connectivity index (χ0v) is 17.3. The van der Waals surface area contributed by atoms with Gasteiger partial charge >= 0.3 is 0 Å². The van der Waals surface area contributed by atoms with Gasteiger partial charge in [-0.25, -0.2) is 0 Å². The van der Waals surface area contributed by atoms with Gasteiger partial charge < -0.3 is 5.73 Å². The second-order valence-corrected chi connectivity index (χ2v) is 10.6. The van der Waals surface area contributed by atoms with Crippen molar-refractivity contribution >= 4 is 34.6 Å².